The first-order valence-corrected chi connectivity index (χ1v) is 11.4. The van der Waals surface area contributed by atoms with Crippen molar-refractivity contribution in [1.29, 1.82) is 0 Å². The summed E-state index contributed by atoms with van der Waals surface area (Å²) in [6.07, 6.45) is 0.395. The number of esters is 1. The largest absolute Gasteiger partial charge is 0.452 e. The summed E-state index contributed by atoms with van der Waals surface area (Å²) in [6, 6.07) is 14.4. The van der Waals surface area contributed by atoms with E-state index < -0.39 is 34.4 Å². The number of sulfone groups is 1. The van der Waals surface area contributed by atoms with Crippen LogP contribution in [0.15, 0.2) is 48.5 Å². The molecule has 1 fully saturated rings. The molecule has 0 aliphatic carbocycles. The predicted octanol–water partition coefficient (Wildman–Crippen LogP) is 2.68. The Kier molecular flexibility index (Phi) is 6.37. The highest BCUT2D eigenvalue weighted by Crippen LogP contribution is 2.21. The molecule has 1 amide bonds. The minimum absolute atomic E-state index is 0.0590. The smallest absolute Gasteiger partial charge is 0.338 e. The first kappa shape index (κ1) is 21.0. The van der Waals surface area contributed by atoms with E-state index in [0.29, 0.717) is 12.0 Å². The molecule has 29 heavy (non-hydrogen) atoms. The maximum Gasteiger partial charge on any atom is 0.338 e. The number of amides is 1. The minimum atomic E-state index is -3.15. The quantitative estimate of drug-likeness (QED) is 0.678. The van der Waals surface area contributed by atoms with E-state index in [4.69, 9.17) is 4.74 Å². The summed E-state index contributed by atoms with van der Waals surface area (Å²) in [5.41, 5.74) is 3.02. The van der Waals surface area contributed by atoms with Gasteiger partial charge in [0.25, 0.3) is 5.91 Å². The molecule has 1 atom stereocenters. The van der Waals surface area contributed by atoms with Crippen molar-refractivity contribution in [3.05, 3.63) is 70.8 Å². The second-order valence-corrected chi connectivity index (χ2v) is 9.69. The lowest BCUT2D eigenvalue weighted by molar-refractivity contribution is -0.137. The molecule has 0 bridgehead atoms. The van der Waals surface area contributed by atoms with E-state index >= 15 is 0 Å². The molecule has 1 aliphatic heterocycles. The first-order chi connectivity index (χ1) is 13.7. The van der Waals surface area contributed by atoms with E-state index in [1.807, 2.05) is 56.3 Å². The van der Waals surface area contributed by atoms with Crippen molar-refractivity contribution < 1.29 is 22.7 Å². The van der Waals surface area contributed by atoms with Crippen LogP contribution in [0.5, 0.6) is 0 Å². The molecular weight excluding hydrogens is 390 g/mol. The third kappa shape index (κ3) is 5.44. The third-order valence-corrected chi connectivity index (χ3v) is 6.86. The topological polar surface area (TPSA) is 80.8 Å². The number of hydrogen-bond donors (Lipinski definition) is 0. The second-order valence-electron chi connectivity index (χ2n) is 7.46. The maximum absolute atomic E-state index is 12.9. The molecule has 2 aromatic rings. The first-order valence-electron chi connectivity index (χ1n) is 9.53. The van der Waals surface area contributed by atoms with Gasteiger partial charge >= 0.3 is 5.97 Å². The van der Waals surface area contributed by atoms with Crippen LogP contribution < -0.4 is 0 Å². The van der Waals surface area contributed by atoms with Gasteiger partial charge in [-0.3, -0.25) is 4.79 Å². The molecule has 1 saturated heterocycles. The van der Waals surface area contributed by atoms with Gasteiger partial charge in [0.1, 0.15) is 0 Å². The fourth-order valence-corrected chi connectivity index (χ4v) is 5.20. The van der Waals surface area contributed by atoms with Crippen molar-refractivity contribution in [3.8, 4) is 0 Å². The monoisotopic (exact) mass is 415 g/mol. The molecule has 1 aliphatic rings. The molecule has 1 heterocycles. The van der Waals surface area contributed by atoms with Gasteiger partial charge in [0.15, 0.2) is 16.4 Å². The minimum Gasteiger partial charge on any atom is -0.452 e. The van der Waals surface area contributed by atoms with Crippen molar-refractivity contribution in [3.63, 3.8) is 0 Å². The average molecular weight is 416 g/mol. The molecule has 0 aromatic heterocycles. The fraction of sp³-hybridized carbons (Fsp3) is 0.364. The zero-order chi connectivity index (χ0) is 21.0. The molecule has 154 valence electrons. The van der Waals surface area contributed by atoms with Gasteiger partial charge in [-0.1, -0.05) is 48.0 Å². The number of benzene rings is 2. The van der Waals surface area contributed by atoms with Gasteiger partial charge < -0.3 is 9.64 Å². The van der Waals surface area contributed by atoms with Gasteiger partial charge in [0.2, 0.25) is 0 Å². The van der Waals surface area contributed by atoms with Crippen LogP contribution >= 0.6 is 0 Å². The lowest BCUT2D eigenvalue weighted by Crippen LogP contribution is -2.42. The van der Waals surface area contributed by atoms with E-state index in [1.165, 1.54) is 4.90 Å². The van der Waals surface area contributed by atoms with Crippen molar-refractivity contribution in [2.45, 2.75) is 32.9 Å². The van der Waals surface area contributed by atoms with Gasteiger partial charge in [-0.25, -0.2) is 13.2 Å². The van der Waals surface area contributed by atoms with Crippen LogP contribution in [-0.2, 0) is 25.9 Å². The van der Waals surface area contributed by atoms with E-state index in [1.54, 1.807) is 6.07 Å². The Labute approximate surface area is 171 Å². The average Bonchev–Trinajstić information content (AvgIpc) is 3.06. The summed E-state index contributed by atoms with van der Waals surface area (Å²) in [7, 11) is -3.15. The molecule has 3 rings (SSSR count). The Balaban J connectivity index is 1.72. The highest BCUT2D eigenvalue weighted by Gasteiger charge is 2.35. The van der Waals surface area contributed by atoms with Crippen LogP contribution in [0.4, 0.5) is 0 Å². The van der Waals surface area contributed by atoms with Crippen molar-refractivity contribution in [2.24, 2.45) is 0 Å². The van der Waals surface area contributed by atoms with E-state index in [-0.39, 0.29) is 18.1 Å². The molecule has 0 saturated carbocycles. The molecular formula is C22H25NO5S. The van der Waals surface area contributed by atoms with Gasteiger partial charge in [0, 0.05) is 12.6 Å². The van der Waals surface area contributed by atoms with Gasteiger partial charge in [0.05, 0.1) is 17.1 Å². The lowest BCUT2D eigenvalue weighted by atomic mass is 10.1. The predicted molar refractivity (Wildman–Crippen MR) is 110 cm³/mol. The number of carbonyl (C=O) groups excluding carboxylic acids is 2. The van der Waals surface area contributed by atoms with Gasteiger partial charge in [-0.2, -0.15) is 0 Å². The summed E-state index contributed by atoms with van der Waals surface area (Å²) < 4.78 is 29.1. The van der Waals surface area contributed by atoms with Crippen LogP contribution in [0.1, 0.15) is 33.5 Å². The lowest BCUT2D eigenvalue weighted by Gasteiger charge is -2.28. The normalized spacial score (nSPS) is 17.7. The number of hydrogen-bond acceptors (Lipinski definition) is 5. The maximum atomic E-state index is 12.9. The van der Waals surface area contributed by atoms with E-state index in [2.05, 4.69) is 0 Å². The standard InChI is InChI=1S/C22H25NO5S/c1-16-8-9-17(2)20(12-16)22(25)28-14-21(24)23(13-18-6-4-3-5-7-18)19-10-11-29(26,27)15-19/h3-9,12,19H,10-11,13-15H2,1-2H3/t19-/m1/s1. The van der Waals surface area contributed by atoms with Crippen LogP contribution in [0.2, 0.25) is 0 Å². The Hall–Kier alpha value is -2.67. The Bertz CT molecular complexity index is 1000. The van der Waals surface area contributed by atoms with Crippen LogP contribution in [0.3, 0.4) is 0 Å². The highest BCUT2D eigenvalue weighted by molar-refractivity contribution is 7.91. The Morgan fingerprint density at radius 1 is 1.10 bits per heavy atom. The zero-order valence-electron chi connectivity index (χ0n) is 16.6. The number of carbonyl (C=O) groups is 2. The molecule has 6 nitrogen and oxygen atoms in total. The zero-order valence-corrected chi connectivity index (χ0v) is 17.4. The number of ether oxygens (including phenoxy) is 1. The molecule has 0 N–H and O–H groups in total. The van der Waals surface area contributed by atoms with E-state index in [0.717, 1.165) is 16.7 Å². The van der Waals surface area contributed by atoms with Gasteiger partial charge in [-0.15, -0.1) is 0 Å². The summed E-state index contributed by atoms with van der Waals surface area (Å²) in [4.78, 5) is 26.8. The molecule has 2 aromatic carbocycles. The summed E-state index contributed by atoms with van der Waals surface area (Å²) in [6.45, 7) is 3.54. The van der Waals surface area contributed by atoms with Crippen LogP contribution in [0, 0.1) is 13.8 Å². The molecule has 0 spiro atoms. The molecule has 7 heteroatoms. The summed E-state index contributed by atoms with van der Waals surface area (Å²) >= 11 is 0. The van der Waals surface area contributed by atoms with E-state index in [9.17, 15) is 18.0 Å². The van der Waals surface area contributed by atoms with Crippen LogP contribution in [0.25, 0.3) is 0 Å². The summed E-state index contributed by atoms with van der Waals surface area (Å²) in [5.74, 6) is -0.942. The van der Waals surface area contributed by atoms with Crippen LogP contribution in [-0.4, -0.2) is 49.3 Å². The number of aryl methyl sites for hydroxylation is 2. The van der Waals surface area contributed by atoms with Crippen molar-refractivity contribution in [1.82, 2.24) is 4.90 Å². The number of nitrogens with zero attached hydrogens (tertiary/aromatic N) is 1. The van der Waals surface area contributed by atoms with Gasteiger partial charge in [-0.05, 0) is 37.5 Å². The number of rotatable bonds is 6. The third-order valence-electron chi connectivity index (χ3n) is 5.10. The van der Waals surface area contributed by atoms with Crippen molar-refractivity contribution >= 4 is 21.7 Å². The second kappa shape index (κ2) is 8.78. The fourth-order valence-electron chi connectivity index (χ4n) is 3.47. The molecule has 0 unspecified atom stereocenters. The van der Waals surface area contributed by atoms with Crippen molar-refractivity contribution in [2.75, 3.05) is 18.1 Å². The molecule has 0 radical (unpaired) electrons. The Morgan fingerprint density at radius 2 is 1.83 bits per heavy atom. The SMILES string of the molecule is Cc1ccc(C)c(C(=O)OCC(=O)N(Cc2ccccc2)[C@@H]2CCS(=O)(=O)C2)c1. The Morgan fingerprint density at radius 3 is 2.48 bits per heavy atom. The summed E-state index contributed by atoms with van der Waals surface area (Å²) in [5, 5.41) is 0. The highest BCUT2D eigenvalue weighted by atomic mass is 32.2.